The molecule has 23 aromatic rings. The maximum atomic E-state index is 2.53. The molecule has 0 amide bonds. The van der Waals surface area contributed by atoms with Crippen molar-refractivity contribution in [1.82, 2.24) is 9.13 Å². The summed E-state index contributed by atoms with van der Waals surface area (Å²) >= 11 is 0. The van der Waals surface area contributed by atoms with Crippen molar-refractivity contribution in [3.63, 3.8) is 0 Å². The van der Waals surface area contributed by atoms with E-state index >= 15 is 0 Å². The number of hydrogen-bond donors (Lipinski definition) is 0. The van der Waals surface area contributed by atoms with Crippen molar-refractivity contribution in [2.75, 3.05) is 0 Å². The lowest BCUT2D eigenvalue weighted by Gasteiger charge is -2.30. The van der Waals surface area contributed by atoms with Gasteiger partial charge < -0.3 is 9.13 Å². The van der Waals surface area contributed by atoms with Crippen molar-refractivity contribution in [2.45, 2.75) is 5.41 Å². The fourth-order valence-corrected chi connectivity index (χ4v) is 20.5. The number of hydrogen-bond acceptors (Lipinski definition) is 0. The summed E-state index contributed by atoms with van der Waals surface area (Å²) in [5.74, 6) is 0. The van der Waals surface area contributed by atoms with Crippen LogP contribution < -0.4 is 0 Å². The summed E-state index contributed by atoms with van der Waals surface area (Å²) in [5, 5.41) is 25.3. The molecule has 2 heteroatoms. The molecule has 0 saturated carbocycles. The Hall–Kier alpha value is -14.7. The fourth-order valence-electron chi connectivity index (χ4n) is 20.5. The van der Waals surface area contributed by atoms with Gasteiger partial charge >= 0.3 is 0 Å². The van der Waals surface area contributed by atoms with Gasteiger partial charge in [0.15, 0.2) is 0 Å². The van der Waals surface area contributed by atoms with Gasteiger partial charge in [0.25, 0.3) is 0 Å². The Bertz CT molecular complexity index is 7870. The quantitative estimate of drug-likeness (QED) is 0.116. The molecule has 113 heavy (non-hydrogen) atoms. The van der Waals surface area contributed by atoms with Crippen LogP contribution in [0.4, 0.5) is 0 Å². The highest BCUT2D eigenvalue weighted by molar-refractivity contribution is 6.27. The zero-order chi connectivity index (χ0) is 74.0. The Balaban J connectivity index is 0.000000142. The van der Waals surface area contributed by atoms with E-state index in [1.54, 1.807) is 0 Å². The Morgan fingerprint density at radius 2 is 0.513 bits per heavy atom. The Morgan fingerprint density at radius 3 is 1.05 bits per heavy atom. The second-order valence-corrected chi connectivity index (χ2v) is 30.7. The third-order valence-electron chi connectivity index (χ3n) is 25.1. The molecule has 25 rings (SSSR count). The van der Waals surface area contributed by atoms with Crippen LogP contribution in [0.2, 0.25) is 0 Å². The average molecular weight is 1430 g/mol. The number of para-hydroxylation sites is 2. The molecule has 21 aromatic carbocycles. The lowest BCUT2D eigenvalue weighted by Crippen LogP contribution is -2.25. The average Bonchev–Trinajstić information content (AvgIpc) is 1.72. The number of nitrogens with zero attached hydrogens (tertiary/aromatic N) is 2. The summed E-state index contributed by atoms with van der Waals surface area (Å²) in [5.41, 5.74) is 27.6. The molecule has 0 aliphatic heterocycles. The Morgan fingerprint density at radius 1 is 0.168 bits per heavy atom. The summed E-state index contributed by atoms with van der Waals surface area (Å²) in [6.45, 7) is 0. The number of benzene rings is 21. The molecule has 2 aromatic heterocycles. The van der Waals surface area contributed by atoms with E-state index in [4.69, 9.17) is 0 Å². The third-order valence-corrected chi connectivity index (χ3v) is 25.1. The van der Waals surface area contributed by atoms with Crippen LogP contribution in [0.15, 0.2) is 413 Å². The van der Waals surface area contributed by atoms with Gasteiger partial charge in [-0.05, 0) is 214 Å². The summed E-state index contributed by atoms with van der Waals surface area (Å²) < 4.78 is 5.01. The molecule has 2 aliphatic rings. The van der Waals surface area contributed by atoms with E-state index in [0.717, 1.165) is 5.69 Å². The first-order valence-electron chi connectivity index (χ1n) is 39.4. The smallest absolute Gasteiger partial charge is 0.0725 e. The molecule has 2 nitrogen and oxygen atoms in total. The van der Waals surface area contributed by atoms with Gasteiger partial charge in [0.05, 0.1) is 33.2 Å². The molecule has 0 saturated heterocycles. The van der Waals surface area contributed by atoms with Crippen LogP contribution in [0.3, 0.4) is 0 Å². The molecule has 0 bridgehead atoms. The molecule has 0 unspecified atom stereocenters. The lowest BCUT2D eigenvalue weighted by atomic mass is 9.70. The fraction of sp³-hybridized carbons (Fsp3) is 0.00901. The van der Waals surface area contributed by atoms with Crippen molar-refractivity contribution in [3.05, 3.63) is 435 Å². The van der Waals surface area contributed by atoms with Crippen molar-refractivity contribution >= 4 is 130 Å². The van der Waals surface area contributed by atoms with Crippen LogP contribution >= 0.6 is 0 Å². The van der Waals surface area contributed by atoms with Gasteiger partial charge in [-0.25, -0.2) is 0 Å². The molecule has 0 fully saturated rings. The third kappa shape index (κ3) is 9.12. The van der Waals surface area contributed by atoms with Gasteiger partial charge in [-0.3, -0.25) is 0 Å². The van der Waals surface area contributed by atoms with E-state index in [0.29, 0.717) is 0 Å². The molecular formula is C111H68N2. The molecule has 0 radical (unpaired) electrons. The zero-order valence-electron chi connectivity index (χ0n) is 61.7. The summed E-state index contributed by atoms with van der Waals surface area (Å²) in [7, 11) is 0. The molecular weight excluding hydrogens is 1360 g/mol. The van der Waals surface area contributed by atoms with Crippen LogP contribution in [0.25, 0.3) is 208 Å². The predicted octanol–water partition coefficient (Wildman–Crippen LogP) is 29.8. The zero-order valence-corrected chi connectivity index (χ0v) is 61.7. The second-order valence-electron chi connectivity index (χ2n) is 30.7. The number of aromatic nitrogens is 2. The van der Waals surface area contributed by atoms with Crippen molar-refractivity contribution in [1.29, 1.82) is 0 Å². The molecule has 522 valence electrons. The lowest BCUT2D eigenvalue weighted by molar-refractivity contribution is 0.794. The Kier molecular flexibility index (Phi) is 13.8. The minimum Gasteiger partial charge on any atom is -0.309 e. The highest BCUT2D eigenvalue weighted by Crippen LogP contribution is 2.63. The van der Waals surface area contributed by atoms with Crippen molar-refractivity contribution < 1.29 is 0 Å². The summed E-state index contributed by atoms with van der Waals surface area (Å²) in [6.07, 6.45) is 0. The molecule has 1 spiro atoms. The van der Waals surface area contributed by atoms with E-state index in [1.165, 1.54) is 224 Å². The number of fused-ring (bicyclic) bond motifs is 28. The number of rotatable bonds is 6. The topological polar surface area (TPSA) is 9.86 Å². The van der Waals surface area contributed by atoms with Gasteiger partial charge in [-0.15, -0.1) is 0 Å². The van der Waals surface area contributed by atoms with Crippen molar-refractivity contribution in [2.24, 2.45) is 0 Å². The van der Waals surface area contributed by atoms with Gasteiger partial charge in [0.2, 0.25) is 0 Å². The molecule has 0 N–H and O–H groups in total. The molecule has 2 heterocycles. The molecule has 2 aliphatic carbocycles. The van der Waals surface area contributed by atoms with E-state index in [1.807, 2.05) is 0 Å². The van der Waals surface area contributed by atoms with E-state index < -0.39 is 5.41 Å². The van der Waals surface area contributed by atoms with Crippen LogP contribution in [0.5, 0.6) is 0 Å². The standard InChI is InChI=1S/C67H41N.C44H27N/c1-2-18-42(19-3-1)64-52-25-5-7-27-54(52)65(55-28-8-6-26-53(55)64)43-34-37-45(38-35-43)68-63-33-17-13-24-51(63)58-41-57(46-20-4-9-29-56(46)66(58)68)44-36-39-50-49-23-12-16-32-61(49)67(62(50)40-44)59-30-14-10-21-47(59)48-22-11-15-31-60(48)67;1-3-15-30-28(13-1)25-39(34-19-6-5-17-32(30)34)40-27-41-37-22-11-12-24-42(37)45(44(41)38-23-10-8-20-35(38)40)43-26-29-14-2-4-16-31(29)33-18-7-9-21-36(33)43/h1-41H;1-27H. The van der Waals surface area contributed by atoms with Gasteiger partial charge in [-0.2, -0.15) is 0 Å². The highest BCUT2D eigenvalue weighted by atomic mass is 15.0. The van der Waals surface area contributed by atoms with Gasteiger partial charge in [0, 0.05) is 43.4 Å². The minimum atomic E-state index is -0.403. The molecule has 0 atom stereocenters. The first-order chi connectivity index (χ1) is 56.1. The Labute approximate surface area is 652 Å². The normalized spacial score (nSPS) is 12.7. The maximum absolute atomic E-state index is 2.53. The minimum absolute atomic E-state index is 0.403. The van der Waals surface area contributed by atoms with E-state index in [2.05, 4.69) is 422 Å². The van der Waals surface area contributed by atoms with Crippen LogP contribution in [-0.4, -0.2) is 9.13 Å². The van der Waals surface area contributed by atoms with Gasteiger partial charge in [0.1, 0.15) is 0 Å². The first kappa shape index (κ1) is 63.2. The van der Waals surface area contributed by atoms with Crippen molar-refractivity contribution in [3.8, 4) is 78.1 Å². The largest absolute Gasteiger partial charge is 0.309 e. The van der Waals surface area contributed by atoms with Gasteiger partial charge in [-0.1, -0.05) is 358 Å². The maximum Gasteiger partial charge on any atom is 0.0725 e. The highest BCUT2D eigenvalue weighted by Gasteiger charge is 2.51. The first-order valence-corrected chi connectivity index (χ1v) is 39.4. The van der Waals surface area contributed by atoms with Crippen LogP contribution in [0, 0.1) is 0 Å². The van der Waals surface area contributed by atoms with E-state index in [-0.39, 0.29) is 0 Å². The van der Waals surface area contributed by atoms with Crippen LogP contribution in [-0.2, 0) is 5.41 Å². The SMILES string of the molecule is c1ccc(-c2c3ccccc3c(-c3ccc(-n4c5ccccc5c5cc(-c6ccc7c(c6)C6(c8ccccc8-c8ccccc86)c6ccccc6-7)c6ccccc6c54)cc3)c3ccccc23)cc1.c1ccc2c(c1)cc(-c1cc3c4ccccc4n(-c4cc5ccccc5c5ccccc45)c3c3ccccc13)c1ccccc12. The predicted molar refractivity (Wildman–Crippen MR) is 480 cm³/mol. The summed E-state index contributed by atoms with van der Waals surface area (Å²) in [6, 6.07) is 153. The van der Waals surface area contributed by atoms with E-state index in [9.17, 15) is 0 Å². The summed E-state index contributed by atoms with van der Waals surface area (Å²) in [4.78, 5) is 0. The second kappa shape index (κ2) is 24.7. The van der Waals surface area contributed by atoms with Crippen LogP contribution in [0.1, 0.15) is 22.3 Å². The monoisotopic (exact) mass is 1430 g/mol.